The maximum absolute atomic E-state index is 9.30. The van der Waals surface area contributed by atoms with E-state index in [0.717, 1.165) is 5.56 Å². The highest BCUT2D eigenvalue weighted by Gasteiger charge is 2.29. The zero-order valence-corrected chi connectivity index (χ0v) is 10.5. The van der Waals surface area contributed by atoms with Gasteiger partial charge in [-0.3, -0.25) is 0 Å². The summed E-state index contributed by atoms with van der Waals surface area (Å²) in [5.74, 6) is 0.787. The predicted molar refractivity (Wildman–Crippen MR) is 70.1 cm³/mol. The number of rotatable bonds is 1. The van der Waals surface area contributed by atoms with Crippen LogP contribution in [0.2, 0.25) is 5.02 Å². The van der Waals surface area contributed by atoms with Crippen LogP contribution in [-0.2, 0) is 0 Å². The minimum absolute atomic E-state index is 0.285. The Hall–Kier alpha value is -2.52. The third kappa shape index (κ3) is 1.80. The van der Waals surface area contributed by atoms with Crippen molar-refractivity contribution in [1.29, 1.82) is 5.26 Å². The van der Waals surface area contributed by atoms with Crippen molar-refractivity contribution in [2.24, 2.45) is 5.73 Å². The van der Waals surface area contributed by atoms with Gasteiger partial charge in [0.05, 0.1) is 5.57 Å². The maximum atomic E-state index is 9.30. The molecule has 2 aromatic rings. The van der Waals surface area contributed by atoms with Crippen LogP contribution in [0.1, 0.15) is 11.6 Å². The highest BCUT2D eigenvalue weighted by Crippen LogP contribution is 2.33. The first kappa shape index (κ1) is 11.6. The van der Waals surface area contributed by atoms with Crippen LogP contribution in [0.4, 0.5) is 5.95 Å². The molecule has 19 heavy (non-hydrogen) atoms. The Balaban J connectivity index is 2.21. The smallest absolute Gasteiger partial charge is 0.227 e. The average molecular weight is 273 g/mol. The zero-order valence-electron chi connectivity index (χ0n) is 9.71. The molecule has 94 valence electrons. The van der Waals surface area contributed by atoms with Gasteiger partial charge >= 0.3 is 0 Å². The lowest BCUT2D eigenvalue weighted by Crippen LogP contribution is -2.28. The summed E-state index contributed by atoms with van der Waals surface area (Å²) in [5.41, 5.74) is 7.08. The Morgan fingerprint density at radius 1 is 1.47 bits per heavy atom. The van der Waals surface area contributed by atoms with Crippen molar-refractivity contribution in [2.45, 2.75) is 6.04 Å². The van der Waals surface area contributed by atoms with E-state index in [1.54, 1.807) is 16.8 Å². The van der Waals surface area contributed by atoms with E-state index in [9.17, 15) is 5.26 Å². The number of aromatic nitrogens is 3. The van der Waals surface area contributed by atoms with E-state index in [2.05, 4.69) is 21.5 Å². The normalized spacial score (nSPS) is 17.6. The van der Waals surface area contributed by atoms with Gasteiger partial charge in [-0.05, 0) is 17.7 Å². The van der Waals surface area contributed by atoms with Crippen LogP contribution in [0.15, 0.2) is 42.0 Å². The van der Waals surface area contributed by atoms with Gasteiger partial charge in [-0.2, -0.15) is 15.3 Å². The van der Waals surface area contributed by atoms with Gasteiger partial charge in [-0.15, -0.1) is 0 Å². The molecule has 1 unspecified atom stereocenters. The van der Waals surface area contributed by atoms with Gasteiger partial charge in [0.2, 0.25) is 5.95 Å². The van der Waals surface area contributed by atoms with Crippen molar-refractivity contribution >= 4 is 17.5 Å². The lowest BCUT2D eigenvalue weighted by atomic mass is 9.98. The fourth-order valence-corrected chi connectivity index (χ4v) is 2.29. The first-order chi connectivity index (χ1) is 9.20. The number of hydrogen-bond acceptors (Lipinski definition) is 5. The number of anilines is 1. The standard InChI is InChI=1S/C12H9ClN6/c13-8-3-1-2-7(4-8)10-9(5-14)11(15)18-12-16-6-17-19(10)12/h1-4,6,10H,15H2,(H,16,17,18). The summed E-state index contributed by atoms with van der Waals surface area (Å²) < 4.78 is 1.61. The number of allylic oxidation sites excluding steroid dienone is 1. The Labute approximate surface area is 114 Å². The van der Waals surface area contributed by atoms with Gasteiger partial charge < -0.3 is 11.1 Å². The molecular weight excluding hydrogens is 264 g/mol. The lowest BCUT2D eigenvalue weighted by molar-refractivity contribution is 0.585. The first-order valence-corrected chi connectivity index (χ1v) is 5.90. The van der Waals surface area contributed by atoms with Crippen molar-refractivity contribution in [3.63, 3.8) is 0 Å². The number of nitriles is 1. The van der Waals surface area contributed by atoms with Gasteiger partial charge in [0.15, 0.2) is 0 Å². The van der Waals surface area contributed by atoms with Crippen LogP contribution < -0.4 is 11.1 Å². The summed E-state index contributed by atoms with van der Waals surface area (Å²) in [4.78, 5) is 4.06. The summed E-state index contributed by atoms with van der Waals surface area (Å²) in [6.07, 6.45) is 1.41. The SMILES string of the molecule is N#CC1=C(N)Nc2ncnn2C1c1cccc(Cl)c1. The van der Waals surface area contributed by atoms with Crippen molar-refractivity contribution in [3.05, 3.63) is 52.6 Å². The number of nitrogens with zero attached hydrogens (tertiary/aromatic N) is 4. The average Bonchev–Trinajstić information content (AvgIpc) is 2.84. The Bertz CT molecular complexity index is 711. The molecule has 1 aromatic carbocycles. The third-order valence-electron chi connectivity index (χ3n) is 2.91. The Morgan fingerprint density at radius 3 is 3.05 bits per heavy atom. The van der Waals surface area contributed by atoms with Crippen molar-refractivity contribution in [2.75, 3.05) is 5.32 Å². The van der Waals surface area contributed by atoms with Gasteiger partial charge in [0, 0.05) is 5.02 Å². The molecular formula is C12H9ClN6. The molecule has 6 nitrogen and oxygen atoms in total. The highest BCUT2D eigenvalue weighted by molar-refractivity contribution is 6.30. The number of nitrogens with one attached hydrogen (secondary N) is 1. The first-order valence-electron chi connectivity index (χ1n) is 5.52. The maximum Gasteiger partial charge on any atom is 0.227 e. The molecule has 3 rings (SSSR count). The van der Waals surface area contributed by atoms with E-state index in [4.69, 9.17) is 17.3 Å². The molecule has 0 bridgehead atoms. The molecule has 1 aliphatic heterocycles. The molecule has 2 heterocycles. The second-order valence-electron chi connectivity index (χ2n) is 4.05. The number of benzene rings is 1. The molecule has 3 N–H and O–H groups in total. The number of halogens is 1. The third-order valence-corrected chi connectivity index (χ3v) is 3.15. The lowest BCUT2D eigenvalue weighted by Gasteiger charge is -2.25. The van der Waals surface area contributed by atoms with E-state index in [1.165, 1.54) is 6.33 Å². The topological polar surface area (TPSA) is 92.6 Å². The van der Waals surface area contributed by atoms with E-state index in [-0.39, 0.29) is 5.82 Å². The molecule has 0 amide bonds. The summed E-state index contributed by atoms with van der Waals surface area (Å²) in [5, 5.41) is 16.9. The molecule has 0 aliphatic carbocycles. The molecule has 1 aromatic heterocycles. The second-order valence-corrected chi connectivity index (χ2v) is 4.49. The van der Waals surface area contributed by atoms with E-state index in [0.29, 0.717) is 16.5 Å². The molecule has 0 fully saturated rings. The molecule has 1 atom stereocenters. The number of hydrogen-bond donors (Lipinski definition) is 2. The molecule has 7 heteroatoms. The summed E-state index contributed by atoms with van der Waals surface area (Å²) in [6, 6.07) is 8.95. The Kier molecular flexibility index (Phi) is 2.62. The van der Waals surface area contributed by atoms with Crippen LogP contribution in [0.5, 0.6) is 0 Å². The Morgan fingerprint density at radius 2 is 2.32 bits per heavy atom. The van der Waals surface area contributed by atoms with Gasteiger partial charge in [-0.25, -0.2) is 4.68 Å². The number of fused-ring (bicyclic) bond motifs is 1. The van der Waals surface area contributed by atoms with Gasteiger partial charge in [0.1, 0.15) is 24.3 Å². The molecule has 0 saturated carbocycles. The van der Waals surface area contributed by atoms with Crippen LogP contribution in [0.25, 0.3) is 0 Å². The largest absolute Gasteiger partial charge is 0.384 e. The van der Waals surface area contributed by atoms with Crippen LogP contribution in [-0.4, -0.2) is 14.8 Å². The predicted octanol–water partition coefficient (Wildman–Crippen LogP) is 1.64. The van der Waals surface area contributed by atoms with Crippen molar-refractivity contribution in [1.82, 2.24) is 14.8 Å². The molecule has 0 spiro atoms. The summed E-state index contributed by atoms with van der Waals surface area (Å²) in [6.45, 7) is 0. The van der Waals surface area contributed by atoms with Gasteiger partial charge in [0.25, 0.3) is 0 Å². The number of nitrogens with two attached hydrogens (primary N) is 1. The highest BCUT2D eigenvalue weighted by atomic mass is 35.5. The second kappa shape index (κ2) is 4.30. The van der Waals surface area contributed by atoms with E-state index in [1.807, 2.05) is 12.1 Å². The zero-order chi connectivity index (χ0) is 13.4. The fraction of sp³-hybridized carbons (Fsp3) is 0.0833. The quantitative estimate of drug-likeness (QED) is 0.823. The van der Waals surface area contributed by atoms with Crippen molar-refractivity contribution in [3.8, 4) is 6.07 Å². The van der Waals surface area contributed by atoms with Crippen molar-refractivity contribution < 1.29 is 0 Å². The fourth-order valence-electron chi connectivity index (χ4n) is 2.09. The van der Waals surface area contributed by atoms with Crippen LogP contribution in [0, 0.1) is 11.3 Å². The van der Waals surface area contributed by atoms with E-state index >= 15 is 0 Å². The molecule has 0 radical (unpaired) electrons. The van der Waals surface area contributed by atoms with E-state index < -0.39 is 6.04 Å². The van der Waals surface area contributed by atoms with Crippen LogP contribution >= 0.6 is 11.6 Å². The molecule has 0 saturated heterocycles. The molecule has 1 aliphatic rings. The minimum atomic E-state index is -0.414. The minimum Gasteiger partial charge on any atom is -0.384 e. The summed E-state index contributed by atoms with van der Waals surface area (Å²) >= 11 is 6.00. The monoisotopic (exact) mass is 272 g/mol. The van der Waals surface area contributed by atoms with Crippen LogP contribution in [0.3, 0.4) is 0 Å². The van der Waals surface area contributed by atoms with Gasteiger partial charge in [-0.1, -0.05) is 23.7 Å². The summed E-state index contributed by atoms with van der Waals surface area (Å²) in [7, 11) is 0.